The minimum absolute atomic E-state index is 0.503. The van der Waals surface area contributed by atoms with Gasteiger partial charge in [0, 0.05) is 6.04 Å². The maximum atomic E-state index is 5.78. The van der Waals surface area contributed by atoms with Crippen LogP contribution < -0.4 is 5.73 Å². The second-order valence-electron chi connectivity index (χ2n) is 3.63. The van der Waals surface area contributed by atoms with Crippen LogP contribution in [0, 0.1) is 5.92 Å². The Kier molecular flexibility index (Phi) is 6.63. The van der Waals surface area contributed by atoms with E-state index in [-0.39, 0.29) is 0 Å². The lowest BCUT2D eigenvalue weighted by atomic mass is 9.87. The van der Waals surface area contributed by atoms with Gasteiger partial charge in [0.2, 0.25) is 0 Å². The van der Waals surface area contributed by atoms with Crippen molar-refractivity contribution in [3.05, 3.63) is 0 Å². The molecular formula is C10H23N. The second kappa shape index (κ2) is 6.66. The molecule has 0 aromatic rings. The summed E-state index contributed by atoms with van der Waals surface area (Å²) in [5.41, 5.74) is 5.78. The normalized spacial score (nSPS) is 30.5. The fraction of sp³-hybridized carbons (Fsp3) is 1.00. The largest absolute Gasteiger partial charge is 0.327 e. The minimum atomic E-state index is 0.503. The van der Waals surface area contributed by atoms with Crippen LogP contribution in [0.2, 0.25) is 0 Å². The van der Waals surface area contributed by atoms with Crippen LogP contribution in [-0.4, -0.2) is 6.04 Å². The summed E-state index contributed by atoms with van der Waals surface area (Å²) < 4.78 is 0. The van der Waals surface area contributed by atoms with Crippen molar-refractivity contribution in [1.82, 2.24) is 0 Å². The lowest BCUT2D eigenvalue weighted by Crippen LogP contribution is -2.30. The van der Waals surface area contributed by atoms with E-state index in [4.69, 9.17) is 5.73 Å². The molecule has 1 rings (SSSR count). The fourth-order valence-electron chi connectivity index (χ4n) is 1.34. The third-order valence-electron chi connectivity index (χ3n) is 2.18. The molecule has 1 heteroatoms. The Morgan fingerprint density at radius 1 is 1.18 bits per heavy atom. The summed E-state index contributed by atoms with van der Waals surface area (Å²) in [5.74, 6) is 0.781. The van der Waals surface area contributed by atoms with Crippen molar-refractivity contribution in [1.29, 1.82) is 0 Å². The van der Waals surface area contributed by atoms with Gasteiger partial charge in [-0.2, -0.15) is 0 Å². The van der Waals surface area contributed by atoms with E-state index in [2.05, 4.69) is 20.8 Å². The first kappa shape index (κ1) is 11.0. The number of rotatable bonds is 0. The molecule has 2 N–H and O–H groups in total. The van der Waals surface area contributed by atoms with Crippen LogP contribution >= 0.6 is 0 Å². The van der Waals surface area contributed by atoms with Gasteiger partial charge in [0.05, 0.1) is 0 Å². The van der Waals surface area contributed by atoms with E-state index in [0.29, 0.717) is 6.04 Å². The summed E-state index contributed by atoms with van der Waals surface area (Å²) in [6.07, 6.45) is 6.60. The zero-order chi connectivity index (χ0) is 8.69. The third kappa shape index (κ3) is 5.25. The molecule has 0 spiro atoms. The molecule has 0 radical (unpaired) electrons. The molecule has 2 atom stereocenters. The Hall–Kier alpha value is -0.0400. The lowest BCUT2D eigenvalue weighted by Gasteiger charge is -2.24. The first-order chi connectivity index (χ1) is 5.22. The molecule has 1 nitrogen and oxygen atoms in total. The topological polar surface area (TPSA) is 26.0 Å². The van der Waals surface area contributed by atoms with Gasteiger partial charge in [-0.1, -0.05) is 40.0 Å². The molecule has 0 unspecified atom stereocenters. The van der Waals surface area contributed by atoms with E-state index in [1.807, 2.05) is 0 Å². The van der Waals surface area contributed by atoms with Gasteiger partial charge in [0.25, 0.3) is 0 Å². The molecule has 11 heavy (non-hydrogen) atoms. The molecule has 0 aliphatic heterocycles. The van der Waals surface area contributed by atoms with Crippen LogP contribution in [0.25, 0.3) is 0 Å². The van der Waals surface area contributed by atoms with Gasteiger partial charge in [0.1, 0.15) is 0 Å². The number of hydrogen-bond acceptors (Lipinski definition) is 1. The highest BCUT2D eigenvalue weighted by molar-refractivity contribution is 4.73. The predicted octanol–water partition coefficient (Wildman–Crippen LogP) is 2.94. The highest BCUT2D eigenvalue weighted by Crippen LogP contribution is 2.21. The number of hydrogen-bond donors (Lipinski definition) is 1. The monoisotopic (exact) mass is 157 g/mol. The van der Waals surface area contributed by atoms with Crippen molar-refractivity contribution < 1.29 is 0 Å². The SMILES string of the molecule is CCC.C[C@@H]1CCCC[C@H]1N. The summed E-state index contributed by atoms with van der Waals surface area (Å²) >= 11 is 0. The molecule has 68 valence electrons. The zero-order valence-electron chi connectivity index (χ0n) is 8.27. The van der Waals surface area contributed by atoms with Crippen molar-refractivity contribution in [2.24, 2.45) is 11.7 Å². The summed E-state index contributed by atoms with van der Waals surface area (Å²) in [4.78, 5) is 0. The molecule has 1 fully saturated rings. The fourth-order valence-corrected chi connectivity index (χ4v) is 1.34. The van der Waals surface area contributed by atoms with Crippen molar-refractivity contribution in [2.45, 2.75) is 58.9 Å². The summed E-state index contributed by atoms with van der Waals surface area (Å²) in [5, 5.41) is 0. The van der Waals surface area contributed by atoms with Crippen molar-refractivity contribution in [2.75, 3.05) is 0 Å². The van der Waals surface area contributed by atoms with Gasteiger partial charge in [-0.05, 0) is 18.8 Å². The second-order valence-corrected chi connectivity index (χ2v) is 3.63. The third-order valence-corrected chi connectivity index (χ3v) is 2.18. The molecule has 1 saturated carbocycles. The Labute approximate surface area is 71.4 Å². The van der Waals surface area contributed by atoms with E-state index in [9.17, 15) is 0 Å². The average molecular weight is 157 g/mol. The van der Waals surface area contributed by atoms with E-state index >= 15 is 0 Å². The molecule has 0 aromatic carbocycles. The molecule has 0 heterocycles. The maximum absolute atomic E-state index is 5.78. The molecule has 0 bridgehead atoms. The first-order valence-electron chi connectivity index (χ1n) is 4.97. The van der Waals surface area contributed by atoms with Gasteiger partial charge in [-0.3, -0.25) is 0 Å². The van der Waals surface area contributed by atoms with Gasteiger partial charge in [0.15, 0.2) is 0 Å². The van der Waals surface area contributed by atoms with Crippen molar-refractivity contribution >= 4 is 0 Å². The van der Waals surface area contributed by atoms with Crippen LogP contribution in [0.15, 0.2) is 0 Å². The zero-order valence-corrected chi connectivity index (χ0v) is 8.27. The maximum Gasteiger partial charge on any atom is 0.00645 e. The van der Waals surface area contributed by atoms with Crippen LogP contribution in [0.4, 0.5) is 0 Å². The van der Waals surface area contributed by atoms with E-state index in [0.717, 1.165) is 5.92 Å². The minimum Gasteiger partial charge on any atom is -0.327 e. The lowest BCUT2D eigenvalue weighted by molar-refractivity contribution is 0.331. The van der Waals surface area contributed by atoms with Crippen LogP contribution in [0.1, 0.15) is 52.9 Å². The predicted molar refractivity (Wildman–Crippen MR) is 51.6 cm³/mol. The Balaban J connectivity index is 0.000000292. The van der Waals surface area contributed by atoms with Crippen molar-refractivity contribution in [3.8, 4) is 0 Å². The van der Waals surface area contributed by atoms with Crippen LogP contribution in [-0.2, 0) is 0 Å². The van der Waals surface area contributed by atoms with E-state index < -0.39 is 0 Å². The molecular weight excluding hydrogens is 134 g/mol. The van der Waals surface area contributed by atoms with Gasteiger partial charge >= 0.3 is 0 Å². The molecule has 0 amide bonds. The molecule has 0 saturated heterocycles. The summed E-state index contributed by atoms with van der Waals surface area (Å²) in [6, 6.07) is 0.503. The van der Waals surface area contributed by atoms with E-state index in [1.165, 1.54) is 32.1 Å². The van der Waals surface area contributed by atoms with Gasteiger partial charge in [-0.25, -0.2) is 0 Å². The van der Waals surface area contributed by atoms with E-state index in [1.54, 1.807) is 0 Å². The highest BCUT2D eigenvalue weighted by atomic mass is 14.6. The standard InChI is InChI=1S/C7H15N.C3H8/c1-6-4-2-3-5-7(6)8;1-3-2/h6-7H,2-5,8H2,1H3;3H2,1-2H3/t6-,7-;/m1./s1. The Bertz CT molecular complexity index is 70.9. The number of nitrogens with two attached hydrogens (primary N) is 1. The summed E-state index contributed by atoms with van der Waals surface area (Å²) in [7, 11) is 0. The van der Waals surface area contributed by atoms with Crippen LogP contribution in [0.3, 0.4) is 0 Å². The molecule has 0 aromatic heterocycles. The average Bonchev–Trinajstić information content (AvgIpc) is 1.97. The first-order valence-corrected chi connectivity index (χ1v) is 4.97. The molecule has 1 aliphatic rings. The quantitative estimate of drug-likeness (QED) is 0.575. The smallest absolute Gasteiger partial charge is 0.00645 e. The Morgan fingerprint density at radius 2 is 1.64 bits per heavy atom. The van der Waals surface area contributed by atoms with Gasteiger partial charge < -0.3 is 5.73 Å². The Morgan fingerprint density at radius 3 is 1.91 bits per heavy atom. The highest BCUT2D eigenvalue weighted by Gasteiger charge is 2.15. The summed E-state index contributed by atoms with van der Waals surface area (Å²) in [6.45, 7) is 6.50. The molecule has 1 aliphatic carbocycles. The van der Waals surface area contributed by atoms with Crippen molar-refractivity contribution in [3.63, 3.8) is 0 Å². The van der Waals surface area contributed by atoms with Crippen LogP contribution in [0.5, 0.6) is 0 Å². The van der Waals surface area contributed by atoms with Gasteiger partial charge in [-0.15, -0.1) is 0 Å².